The lowest BCUT2D eigenvalue weighted by molar-refractivity contribution is -0.116. The fourth-order valence-corrected chi connectivity index (χ4v) is 2.23. The van der Waals surface area contributed by atoms with Gasteiger partial charge in [0.15, 0.2) is 5.58 Å². The summed E-state index contributed by atoms with van der Waals surface area (Å²) in [5.74, 6) is 5.15. The predicted octanol–water partition coefficient (Wildman–Crippen LogP) is 3.06. The zero-order chi connectivity index (χ0) is 15.4. The molecule has 0 aliphatic rings. The number of hydrogen-bond acceptors (Lipinski definition) is 3. The Morgan fingerprint density at radius 2 is 1.86 bits per heavy atom. The lowest BCUT2D eigenvalue weighted by atomic mass is 10.1. The number of para-hydroxylation sites is 2. The summed E-state index contributed by atoms with van der Waals surface area (Å²) in [5, 5.41) is 2.84. The Morgan fingerprint density at radius 3 is 2.59 bits per heavy atom. The predicted molar refractivity (Wildman–Crippen MR) is 83.9 cm³/mol. The SMILES string of the molecule is CC#CC(=O)NC(c1ccccc1)c1nc2ccccc2o1. The van der Waals surface area contributed by atoms with Crippen LogP contribution in [0.25, 0.3) is 11.1 Å². The summed E-state index contributed by atoms with van der Waals surface area (Å²) in [5.41, 5.74) is 2.34. The van der Waals surface area contributed by atoms with Crippen molar-refractivity contribution in [3.63, 3.8) is 0 Å². The second kappa shape index (κ2) is 6.15. The molecule has 4 nitrogen and oxygen atoms in total. The Kier molecular flexibility index (Phi) is 3.88. The molecule has 1 atom stereocenters. The molecule has 1 amide bonds. The van der Waals surface area contributed by atoms with Gasteiger partial charge in [0, 0.05) is 0 Å². The normalized spacial score (nSPS) is 11.5. The Balaban J connectivity index is 2.03. The zero-order valence-corrected chi connectivity index (χ0v) is 12.0. The summed E-state index contributed by atoms with van der Waals surface area (Å²) < 4.78 is 5.79. The number of amides is 1. The van der Waals surface area contributed by atoms with E-state index in [0.717, 1.165) is 11.1 Å². The number of oxazole rings is 1. The number of carbonyl (C=O) groups excluding carboxylic acids is 1. The largest absolute Gasteiger partial charge is 0.438 e. The Morgan fingerprint density at radius 1 is 1.14 bits per heavy atom. The number of hydrogen-bond donors (Lipinski definition) is 1. The van der Waals surface area contributed by atoms with Gasteiger partial charge in [0.1, 0.15) is 11.6 Å². The van der Waals surface area contributed by atoms with Gasteiger partial charge in [-0.05, 0) is 30.5 Å². The van der Waals surface area contributed by atoms with Crippen LogP contribution in [-0.4, -0.2) is 10.9 Å². The van der Waals surface area contributed by atoms with Gasteiger partial charge in [0.05, 0.1) is 0 Å². The maximum absolute atomic E-state index is 11.9. The highest BCUT2D eigenvalue weighted by Crippen LogP contribution is 2.25. The standard InChI is InChI=1S/C18H14N2O2/c1-2-8-16(21)20-17(13-9-4-3-5-10-13)18-19-14-11-6-7-12-15(14)22-18/h3-7,9-12,17H,1H3,(H,20,21). The molecule has 3 aromatic rings. The highest BCUT2D eigenvalue weighted by molar-refractivity contribution is 5.93. The number of benzene rings is 2. The molecule has 4 heteroatoms. The number of nitrogens with zero attached hydrogens (tertiary/aromatic N) is 1. The third-order valence-electron chi connectivity index (χ3n) is 3.20. The lowest BCUT2D eigenvalue weighted by Gasteiger charge is -2.14. The highest BCUT2D eigenvalue weighted by atomic mass is 16.3. The molecule has 3 rings (SSSR count). The number of fused-ring (bicyclic) bond motifs is 1. The number of rotatable bonds is 3. The van der Waals surface area contributed by atoms with Crippen LogP contribution in [0.1, 0.15) is 24.4 Å². The van der Waals surface area contributed by atoms with Crippen LogP contribution in [0.15, 0.2) is 59.0 Å². The van der Waals surface area contributed by atoms with Crippen LogP contribution in [-0.2, 0) is 4.79 Å². The lowest BCUT2D eigenvalue weighted by Crippen LogP contribution is -2.28. The molecular weight excluding hydrogens is 276 g/mol. The zero-order valence-electron chi connectivity index (χ0n) is 12.0. The van der Waals surface area contributed by atoms with Crippen LogP contribution in [0.2, 0.25) is 0 Å². The molecule has 22 heavy (non-hydrogen) atoms. The van der Waals surface area contributed by atoms with Gasteiger partial charge in [0.25, 0.3) is 5.91 Å². The molecule has 1 heterocycles. The molecule has 1 unspecified atom stereocenters. The fourth-order valence-electron chi connectivity index (χ4n) is 2.23. The van der Waals surface area contributed by atoms with Crippen LogP contribution in [0.5, 0.6) is 0 Å². The smallest absolute Gasteiger partial charge is 0.296 e. The topological polar surface area (TPSA) is 55.1 Å². The maximum Gasteiger partial charge on any atom is 0.296 e. The van der Waals surface area contributed by atoms with E-state index in [1.165, 1.54) is 0 Å². The first-order chi connectivity index (χ1) is 10.8. The third-order valence-corrected chi connectivity index (χ3v) is 3.20. The summed E-state index contributed by atoms with van der Waals surface area (Å²) >= 11 is 0. The van der Waals surface area contributed by atoms with E-state index in [2.05, 4.69) is 22.1 Å². The van der Waals surface area contributed by atoms with Gasteiger partial charge in [-0.3, -0.25) is 4.79 Å². The van der Waals surface area contributed by atoms with Crippen molar-refractivity contribution >= 4 is 17.0 Å². The number of aromatic nitrogens is 1. The molecule has 0 spiro atoms. The van der Waals surface area contributed by atoms with Crippen LogP contribution in [0.3, 0.4) is 0 Å². The number of nitrogens with one attached hydrogen (secondary N) is 1. The average molecular weight is 290 g/mol. The monoisotopic (exact) mass is 290 g/mol. The molecular formula is C18H14N2O2. The first-order valence-electron chi connectivity index (χ1n) is 6.91. The van der Waals surface area contributed by atoms with E-state index >= 15 is 0 Å². The maximum atomic E-state index is 11.9. The molecule has 0 saturated heterocycles. The summed E-state index contributed by atoms with van der Waals surface area (Å²) in [6, 6.07) is 16.6. The molecule has 0 aliphatic heterocycles. The quantitative estimate of drug-likeness (QED) is 0.754. The Labute approximate surface area is 128 Å². The van der Waals surface area contributed by atoms with E-state index in [1.807, 2.05) is 54.6 Å². The van der Waals surface area contributed by atoms with Crippen molar-refractivity contribution in [1.82, 2.24) is 10.3 Å². The van der Waals surface area contributed by atoms with Crippen molar-refractivity contribution < 1.29 is 9.21 Å². The first kappa shape index (κ1) is 13.9. The van der Waals surface area contributed by atoms with Crippen molar-refractivity contribution in [2.24, 2.45) is 0 Å². The average Bonchev–Trinajstić information content (AvgIpc) is 2.97. The minimum Gasteiger partial charge on any atom is -0.438 e. The van der Waals surface area contributed by atoms with Gasteiger partial charge in [-0.1, -0.05) is 48.4 Å². The van der Waals surface area contributed by atoms with Gasteiger partial charge in [-0.15, -0.1) is 0 Å². The van der Waals surface area contributed by atoms with Gasteiger partial charge < -0.3 is 9.73 Å². The first-order valence-corrected chi connectivity index (χ1v) is 6.91. The molecule has 0 aliphatic carbocycles. The van der Waals surface area contributed by atoms with Crippen molar-refractivity contribution in [2.75, 3.05) is 0 Å². The van der Waals surface area contributed by atoms with Crippen LogP contribution < -0.4 is 5.32 Å². The van der Waals surface area contributed by atoms with E-state index in [1.54, 1.807) is 6.92 Å². The van der Waals surface area contributed by atoms with Crippen molar-refractivity contribution in [3.05, 3.63) is 66.1 Å². The van der Waals surface area contributed by atoms with Gasteiger partial charge in [0.2, 0.25) is 5.89 Å². The molecule has 2 aromatic carbocycles. The molecule has 0 saturated carbocycles. The van der Waals surface area contributed by atoms with Crippen LogP contribution in [0.4, 0.5) is 0 Å². The summed E-state index contributed by atoms with van der Waals surface area (Å²) in [6.45, 7) is 1.62. The minimum absolute atomic E-state index is 0.362. The molecule has 0 bridgehead atoms. The van der Waals surface area contributed by atoms with E-state index in [-0.39, 0.29) is 5.91 Å². The van der Waals surface area contributed by atoms with E-state index in [0.29, 0.717) is 11.5 Å². The molecule has 0 radical (unpaired) electrons. The summed E-state index contributed by atoms with van der Waals surface area (Å²) in [4.78, 5) is 16.3. The summed E-state index contributed by atoms with van der Waals surface area (Å²) in [6.07, 6.45) is 0. The molecule has 108 valence electrons. The number of carbonyl (C=O) groups is 1. The summed E-state index contributed by atoms with van der Waals surface area (Å²) in [7, 11) is 0. The van der Waals surface area contributed by atoms with Crippen molar-refractivity contribution in [1.29, 1.82) is 0 Å². The van der Waals surface area contributed by atoms with Gasteiger partial charge in [-0.25, -0.2) is 4.98 Å². The van der Waals surface area contributed by atoms with E-state index < -0.39 is 6.04 Å². The van der Waals surface area contributed by atoms with Gasteiger partial charge in [-0.2, -0.15) is 0 Å². The third kappa shape index (κ3) is 2.84. The van der Waals surface area contributed by atoms with Crippen LogP contribution in [0, 0.1) is 11.8 Å². The Bertz CT molecular complexity index is 824. The fraction of sp³-hybridized carbons (Fsp3) is 0.111. The second-order valence-electron chi connectivity index (χ2n) is 4.71. The van der Waals surface area contributed by atoms with Crippen molar-refractivity contribution in [3.8, 4) is 11.8 Å². The van der Waals surface area contributed by atoms with Crippen molar-refractivity contribution in [2.45, 2.75) is 13.0 Å². The van der Waals surface area contributed by atoms with E-state index in [4.69, 9.17) is 4.42 Å². The minimum atomic E-state index is -0.470. The molecule has 1 N–H and O–H groups in total. The molecule has 1 aromatic heterocycles. The molecule has 0 fully saturated rings. The van der Waals surface area contributed by atoms with Gasteiger partial charge >= 0.3 is 0 Å². The Hall–Kier alpha value is -3.06. The van der Waals surface area contributed by atoms with Crippen LogP contribution >= 0.6 is 0 Å². The highest BCUT2D eigenvalue weighted by Gasteiger charge is 2.21. The second-order valence-corrected chi connectivity index (χ2v) is 4.71. The van der Waals surface area contributed by atoms with E-state index in [9.17, 15) is 4.79 Å².